The van der Waals surface area contributed by atoms with E-state index < -0.39 is 6.08 Å². The zero-order chi connectivity index (χ0) is 12.6. The molecule has 1 fully saturated rings. The number of hydrogen-bond donors (Lipinski definition) is 0. The summed E-state index contributed by atoms with van der Waals surface area (Å²) in [5.74, 6) is 2.47. The third-order valence-electron chi connectivity index (χ3n) is 2.83. The standard InChI is InChI=1S/C14H24O2/c1-3-5-6-7-10-13(4-2)16-14-11-8-9-12-15-14/h2,13-14H,3,5-12H2,1H3/i13D. The van der Waals surface area contributed by atoms with Crippen LogP contribution in [0.25, 0.3) is 0 Å². The summed E-state index contributed by atoms with van der Waals surface area (Å²) in [5, 5.41) is 0. The van der Waals surface area contributed by atoms with E-state index in [-0.39, 0.29) is 6.29 Å². The van der Waals surface area contributed by atoms with E-state index in [0.717, 1.165) is 38.7 Å². The summed E-state index contributed by atoms with van der Waals surface area (Å²) in [5.41, 5.74) is 0. The van der Waals surface area contributed by atoms with Crippen LogP contribution in [0.5, 0.6) is 0 Å². The smallest absolute Gasteiger partial charge is 0.159 e. The number of unbranched alkanes of at least 4 members (excludes halogenated alkanes) is 3. The van der Waals surface area contributed by atoms with Crippen LogP contribution in [0.4, 0.5) is 0 Å². The molecule has 0 spiro atoms. The van der Waals surface area contributed by atoms with Crippen molar-refractivity contribution >= 4 is 0 Å². The van der Waals surface area contributed by atoms with E-state index >= 15 is 0 Å². The third-order valence-corrected chi connectivity index (χ3v) is 2.83. The molecule has 0 aromatic carbocycles. The second-order valence-electron chi connectivity index (χ2n) is 4.29. The first-order valence-corrected chi connectivity index (χ1v) is 6.47. The number of rotatable bonds is 7. The average Bonchev–Trinajstić information content (AvgIpc) is 2.36. The highest BCUT2D eigenvalue weighted by molar-refractivity contribution is 4.94. The summed E-state index contributed by atoms with van der Waals surface area (Å²) in [6.45, 7) is 2.89. The van der Waals surface area contributed by atoms with Crippen molar-refractivity contribution in [3.05, 3.63) is 0 Å². The number of terminal acetylenes is 1. The highest BCUT2D eigenvalue weighted by atomic mass is 16.7. The number of ether oxygens (including phenoxy) is 2. The maximum absolute atomic E-state index is 8.10. The highest BCUT2D eigenvalue weighted by Crippen LogP contribution is 2.17. The predicted octanol–water partition coefficient (Wildman–Crippen LogP) is 3.50. The molecule has 1 saturated heterocycles. The summed E-state index contributed by atoms with van der Waals surface area (Å²) in [6.07, 6.45) is 12.0. The minimum Gasteiger partial charge on any atom is -0.353 e. The van der Waals surface area contributed by atoms with E-state index in [1.165, 1.54) is 12.8 Å². The molecule has 0 N–H and O–H groups in total. The summed E-state index contributed by atoms with van der Waals surface area (Å²) in [6, 6.07) is 0. The van der Waals surface area contributed by atoms with Crippen molar-refractivity contribution in [1.29, 1.82) is 0 Å². The molecule has 2 atom stereocenters. The van der Waals surface area contributed by atoms with Gasteiger partial charge in [0, 0.05) is 6.61 Å². The van der Waals surface area contributed by atoms with Gasteiger partial charge >= 0.3 is 0 Å². The molecule has 92 valence electrons. The molecule has 16 heavy (non-hydrogen) atoms. The van der Waals surface area contributed by atoms with Crippen LogP contribution in [0.2, 0.25) is 0 Å². The summed E-state index contributed by atoms with van der Waals surface area (Å²) < 4.78 is 19.2. The van der Waals surface area contributed by atoms with Crippen LogP contribution in [0.15, 0.2) is 0 Å². The van der Waals surface area contributed by atoms with Gasteiger partial charge in [-0.1, -0.05) is 32.1 Å². The molecule has 0 aromatic heterocycles. The second kappa shape index (κ2) is 8.61. The minimum atomic E-state index is -1.20. The zero-order valence-corrected chi connectivity index (χ0v) is 10.3. The Morgan fingerprint density at radius 2 is 2.38 bits per heavy atom. The van der Waals surface area contributed by atoms with Crippen LogP contribution in [0.3, 0.4) is 0 Å². The first-order valence-electron chi connectivity index (χ1n) is 6.97. The van der Waals surface area contributed by atoms with Gasteiger partial charge in [-0.05, 0) is 32.1 Å². The van der Waals surface area contributed by atoms with Gasteiger partial charge < -0.3 is 9.47 Å². The van der Waals surface area contributed by atoms with Gasteiger partial charge in [0.25, 0.3) is 0 Å². The molecular formula is C14H24O2. The van der Waals surface area contributed by atoms with Crippen molar-refractivity contribution in [3.63, 3.8) is 0 Å². The van der Waals surface area contributed by atoms with E-state index in [9.17, 15) is 0 Å². The maximum atomic E-state index is 8.10. The molecule has 1 aliphatic heterocycles. The Hall–Kier alpha value is -0.520. The van der Waals surface area contributed by atoms with Crippen molar-refractivity contribution in [2.24, 2.45) is 0 Å². The first-order chi connectivity index (χ1) is 8.20. The van der Waals surface area contributed by atoms with Gasteiger partial charge in [0.1, 0.15) is 6.08 Å². The topological polar surface area (TPSA) is 18.5 Å². The highest BCUT2D eigenvalue weighted by Gasteiger charge is 2.17. The lowest BCUT2D eigenvalue weighted by atomic mass is 10.1. The SMILES string of the molecule is [2H]C(C#C)(CCCCCC)OC1CCCCO1. The third kappa shape index (κ3) is 5.53. The van der Waals surface area contributed by atoms with E-state index in [1.807, 2.05) is 0 Å². The van der Waals surface area contributed by atoms with Gasteiger partial charge in [0.15, 0.2) is 6.29 Å². The minimum absolute atomic E-state index is 0.275. The fourth-order valence-electron chi connectivity index (χ4n) is 1.84. The lowest BCUT2D eigenvalue weighted by Crippen LogP contribution is -2.27. The van der Waals surface area contributed by atoms with Gasteiger partial charge in [-0.3, -0.25) is 0 Å². The van der Waals surface area contributed by atoms with E-state index in [2.05, 4.69) is 12.8 Å². The largest absolute Gasteiger partial charge is 0.353 e. The van der Waals surface area contributed by atoms with Crippen molar-refractivity contribution in [3.8, 4) is 12.3 Å². The lowest BCUT2D eigenvalue weighted by molar-refractivity contribution is -0.177. The molecule has 1 aliphatic rings. The molecule has 0 amide bonds. The second-order valence-corrected chi connectivity index (χ2v) is 4.29. The van der Waals surface area contributed by atoms with Gasteiger partial charge in [-0.15, -0.1) is 6.42 Å². The molecule has 0 aromatic rings. The predicted molar refractivity (Wildman–Crippen MR) is 66.1 cm³/mol. The van der Waals surface area contributed by atoms with E-state index in [0.29, 0.717) is 6.42 Å². The molecule has 0 aliphatic carbocycles. The fraction of sp³-hybridized carbons (Fsp3) is 0.857. The first kappa shape index (κ1) is 12.0. The zero-order valence-electron chi connectivity index (χ0n) is 11.3. The Morgan fingerprint density at radius 3 is 3.00 bits per heavy atom. The van der Waals surface area contributed by atoms with E-state index in [1.54, 1.807) is 0 Å². The van der Waals surface area contributed by atoms with Crippen LogP contribution in [0, 0.1) is 12.3 Å². The van der Waals surface area contributed by atoms with Gasteiger partial charge in [-0.2, -0.15) is 0 Å². The summed E-state index contributed by atoms with van der Waals surface area (Å²) in [7, 11) is 0. The van der Waals surface area contributed by atoms with Crippen LogP contribution in [0.1, 0.15) is 59.7 Å². The van der Waals surface area contributed by atoms with Crippen LogP contribution in [-0.4, -0.2) is 19.0 Å². The Kier molecular flexibility index (Phi) is 6.43. The summed E-state index contributed by atoms with van der Waals surface area (Å²) >= 11 is 0. The summed E-state index contributed by atoms with van der Waals surface area (Å²) in [4.78, 5) is 0. The molecule has 0 saturated carbocycles. The molecule has 2 nitrogen and oxygen atoms in total. The van der Waals surface area contributed by atoms with E-state index in [4.69, 9.17) is 17.3 Å². The van der Waals surface area contributed by atoms with Crippen molar-refractivity contribution < 1.29 is 10.8 Å². The van der Waals surface area contributed by atoms with Crippen LogP contribution < -0.4 is 0 Å². The Bertz CT molecular complexity index is 243. The Morgan fingerprint density at radius 1 is 1.50 bits per heavy atom. The van der Waals surface area contributed by atoms with Crippen molar-refractivity contribution in [2.45, 2.75) is 70.7 Å². The maximum Gasteiger partial charge on any atom is 0.159 e. The molecular weight excluding hydrogens is 200 g/mol. The quantitative estimate of drug-likeness (QED) is 0.487. The van der Waals surface area contributed by atoms with Crippen molar-refractivity contribution in [1.82, 2.24) is 0 Å². The molecule has 0 radical (unpaired) electrons. The normalized spacial score (nSPS) is 25.5. The fourth-order valence-corrected chi connectivity index (χ4v) is 1.84. The average molecular weight is 225 g/mol. The van der Waals surface area contributed by atoms with Gasteiger partial charge in [-0.25, -0.2) is 0 Å². The molecule has 2 unspecified atom stereocenters. The number of hydrogen-bond acceptors (Lipinski definition) is 2. The molecule has 2 heteroatoms. The monoisotopic (exact) mass is 225 g/mol. The molecule has 0 bridgehead atoms. The van der Waals surface area contributed by atoms with Gasteiger partial charge in [0.2, 0.25) is 0 Å². The van der Waals surface area contributed by atoms with Crippen molar-refractivity contribution in [2.75, 3.05) is 6.61 Å². The molecule has 1 heterocycles. The Balaban J connectivity index is 2.30. The van der Waals surface area contributed by atoms with Crippen LogP contribution in [-0.2, 0) is 9.47 Å². The van der Waals surface area contributed by atoms with Crippen LogP contribution >= 0.6 is 0 Å². The molecule has 1 rings (SSSR count). The van der Waals surface area contributed by atoms with Gasteiger partial charge in [0.05, 0.1) is 1.37 Å². The lowest BCUT2D eigenvalue weighted by Gasteiger charge is -2.25. The Labute approximate surface area is 101 Å².